The van der Waals surface area contributed by atoms with Gasteiger partial charge in [0, 0.05) is 21.2 Å². The summed E-state index contributed by atoms with van der Waals surface area (Å²) >= 11 is 7.78. The van der Waals surface area contributed by atoms with Gasteiger partial charge in [-0.1, -0.05) is 17.7 Å². The molecule has 2 aromatic carbocycles. The first-order valence-corrected chi connectivity index (χ1v) is 9.03. The molecule has 1 heterocycles. The van der Waals surface area contributed by atoms with Crippen molar-refractivity contribution in [3.8, 4) is 17.0 Å². The monoisotopic (exact) mass is 356 g/mol. The molecular weight excluding hydrogens is 340 g/mol. The molecule has 1 aliphatic rings. The van der Waals surface area contributed by atoms with E-state index >= 15 is 0 Å². The number of methoxy groups -OCH3 is 1. The zero-order valence-corrected chi connectivity index (χ0v) is 15.1. The molecule has 122 valence electrons. The Morgan fingerprint density at radius 3 is 2.88 bits per heavy atom. The van der Waals surface area contributed by atoms with Crippen LogP contribution in [0.1, 0.15) is 16.0 Å². The first kappa shape index (κ1) is 15.5. The van der Waals surface area contributed by atoms with Crippen molar-refractivity contribution in [2.24, 2.45) is 0 Å². The van der Waals surface area contributed by atoms with Crippen molar-refractivity contribution in [2.75, 3.05) is 12.4 Å². The molecule has 0 bridgehead atoms. The maximum atomic E-state index is 6.06. The number of hydrogen-bond acceptors (Lipinski definition) is 4. The summed E-state index contributed by atoms with van der Waals surface area (Å²) in [4.78, 5) is 6.17. The van der Waals surface area contributed by atoms with E-state index in [9.17, 15) is 0 Å². The number of benzene rings is 2. The van der Waals surface area contributed by atoms with Crippen LogP contribution in [0.15, 0.2) is 36.4 Å². The van der Waals surface area contributed by atoms with Crippen LogP contribution in [0.5, 0.6) is 5.75 Å². The molecule has 0 atom stereocenters. The number of aryl methyl sites for hydroxylation is 3. The van der Waals surface area contributed by atoms with Crippen LogP contribution in [0.2, 0.25) is 5.02 Å². The second kappa shape index (κ2) is 6.11. The van der Waals surface area contributed by atoms with E-state index in [0.717, 1.165) is 45.7 Å². The Morgan fingerprint density at radius 2 is 2.08 bits per heavy atom. The summed E-state index contributed by atoms with van der Waals surface area (Å²) in [6.07, 6.45) is 2.04. The number of aromatic nitrogens is 1. The van der Waals surface area contributed by atoms with Crippen LogP contribution in [-0.4, -0.2) is 12.1 Å². The van der Waals surface area contributed by atoms with Gasteiger partial charge in [-0.2, -0.15) is 0 Å². The summed E-state index contributed by atoms with van der Waals surface area (Å²) in [5.74, 6) is 0.949. The lowest BCUT2D eigenvalue weighted by Gasteiger charge is -2.17. The van der Waals surface area contributed by atoms with Crippen molar-refractivity contribution in [2.45, 2.75) is 19.8 Å². The van der Waals surface area contributed by atoms with Crippen molar-refractivity contribution < 1.29 is 4.74 Å². The Hall–Kier alpha value is -2.04. The molecular formula is C19H17ClN2OS. The average molecular weight is 357 g/mol. The van der Waals surface area contributed by atoms with Crippen LogP contribution >= 0.6 is 22.9 Å². The zero-order chi connectivity index (χ0) is 16.7. The molecule has 4 rings (SSSR count). The van der Waals surface area contributed by atoms with Crippen LogP contribution in [0.3, 0.4) is 0 Å². The lowest BCUT2D eigenvalue weighted by Crippen LogP contribution is -2.03. The Bertz CT molecular complexity index is 920. The molecule has 0 unspecified atom stereocenters. The fourth-order valence-electron chi connectivity index (χ4n) is 3.10. The van der Waals surface area contributed by atoms with E-state index < -0.39 is 0 Å². The quantitative estimate of drug-likeness (QED) is 0.661. The predicted octanol–water partition coefficient (Wildman–Crippen LogP) is 5.62. The van der Waals surface area contributed by atoms with Gasteiger partial charge in [-0.15, -0.1) is 11.3 Å². The van der Waals surface area contributed by atoms with Gasteiger partial charge in [0.1, 0.15) is 5.75 Å². The molecule has 0 spiro atoms. The van der Waals surface area contributed by atoms with Crippen molar-refractivity contribution >= 4 is 33.8 Å². The van der Waals surface area contributed by atoms with E-state index in [4.69, 9.17) is 21.3 Å². The number of thiazole rings is 1. The molecule has 0 fully saturated rings. The third kappa shape index (κ3) is 2.76. The minimum absolute atomic E-state index is 0.717. The maximum Gasteiger partial charge on any atom is 0.187 e. The number of anilines is 2. The van der Waals surface area contributed by atoms with Crippen LogP contribution in [0, 0.1) is 6.92 Å². The van der Waals surface area contributed by atoms with Crippen LogP contribution < -0.4 is 10.1 Å². The summed E-state index contributed by atoms with van der Waals surface area (Å²) in [6, 6.07) is 12.0. The van der Waals surface area contributed by atoms with Crippen LogP contribution in [-0.2, 0) is 12.8 Å². The van der Waals surface area contributed by atoms with Gasteiger partial charge in [0.25, 0.3) is 0 Å². The van der Waals surface area contributed by atoms with Gasteiger partial charge in [-0.3, -0.25) is 0 Å². The van der Waals surface area contributed by atoms with Gasteiger partial charge in [0.2, 0.25) is 0 Å². The molecule has 0 saturated heterocycles. The fourth-order valence-corrected chi connectivity index (χ4v) is 4.29. The van der Waals surface area contributed by atoms with E-state index in [0.29, 0.717) is 0 Å². The largest absolute Gasteiger partial charge is 0.496 e. The second-order valence-electron chi connectivity index (χ2n) is 5.91. The highest BCUT2D eigenvalue weighted by Gasteiger charge is 2.22. The molecule has 3 nitrogen and oxygen atoms in total. The summed E-state index contributed by atoms with van der Waals surface area (Å²) in [7, 11) is 1.72. The first-order chi connectivity index (χ1) is 11.6. The summed E-state index contributed by atoms with van der Waals surface area (Å²) in [5, 5.41) is 4.99. The zero-order valence-electron chi connectivity index (χ0n) is 13.5. The molecule has 1 aromatic heterocycles. The van der Waals surface area contributed by atoms with Gasteiger partial charge < -0.3 is 10.1 Å². The number of ether oxygens (including phenoxy) is 1. The highest BCUT2D eigenvalue weighted by atomic mass is 35.5. The van der Waals surface area contributed by atoms with Gasteiger partial charge in [-0.05, 0) is 61.2 Å². The topological polar surface area (TPSA) is 34.1 Å². The smallest absolute Gasteiger partial charge is 0.187 e. The SMILES string of the molecule is COc1cc2c(cc1C)-c1nc(Nc3cccc(Cl)c3)sc1CC2. The molecule has 3 aromatic rings. The molecule has 0 saturated carbocycles. The summed E-state index contributed by atoms with van der Waals surface area (Å²) in [6.45, 7) is 2.07. The number of nitrogens with one attached hydrogen (secondary N) is 1. The summed E-state index contributed by atoms with van der Waals surface area (Å²) < 4.78 is 5.45. The molecule has 0 amide bonds. The number of fused-ring (bicyclic) bond motifs is 3. The molecule has 0 aliphatic heterocycles. The van der Waals surface area contributed by atoms with Gasteiger partial charge >= 0.3 is 0 Å². The Labute approximate surface area is 150 Å². The third-order valence-corrected chi connectivity index (χ3v) is 5.54. The second-order valence-corrected chi connectivity index (χ2v) is 7.43. The number of hydrogen-bond donors (Lipinski definition) is 1. The molecule has 0 radical (unpaired) electrons. The van der Waals surface area contributed by atoms with E-state index in [1.54, 1.807) is 18.4 Å². The molecule has 1 N–H and O–H groups in total. The van der Waals surface area contributed by atoms with E-state index in [1.807, 2.05) is 24.3 Å². The van der Waals surface area contributed by atoms with Gasteiger partial charge in [0.15, 0.2) is 5.13 Å². The van der Waals surface area contributed by atoms with Crippen molar-refractivity contribution in [1.82, 2.24) is 4.98 Å². The Kier molecular flexibility index (Phi) is 3.94. The lowest BCUT2D eigenvalue weighted by atomic mass is 9.91. The van der Waals surface area contributed by atoms with Crippen molar-refractivity contribution in [3.63, 3.8) is 0 Å². The molecule has 5 heteroatoms. The lowest BCUT2D eigenvalue weighted by molar-refractivity contribution is 0.411. The molecule has 24 heavy (non-hydrogen) atoms. The van der Waals surface area contributed by atoms with Crippen molar-refractivity contribution in [1.29, 1.82) is 0 Å². The first-order valence-electron chi connectivity index (χ1n) is 7.84. The summed E-state index contributed by atoms with van der Waals surface area (Å²) in [5.41, 5.74) is 5.73. The number of halogens is 1. The highest BCUT2D eigenvalue weighted by Crippen LogP contribution is 2.41. The number of rotatable bonds is 3. The normalized spacial score (nSPS) is 12.5. The minimum Gasteiger partial charge on any atom is -0.496 e. The Balaban J connectivity index is 1.71. The van der Waals surface area contributed by atoms with Crippen LogP contribution in [0.4, 0.5) is 10.8 Å². The van der Waals surface area contributed by atoms with Gasteiger partial charge in [0.05, 0.1) is 12.8 Å². The Morgan fingerprint density at radius 1 is 1.21 bits per heavy atom. The van der Waals surface area contributed by atoms with Crippen molar-refractivity contribution in [3.05, 3.63) is 57.4 Å². The van der Waals surface area contributed by atoms with Gasteiger partial charge in [-0.25, -0.2) is 4.98 Å². The minimum atomic E-state index is 0.717. The predicted molar refractivity (Wildman–Crippen MR) is 101 cm³/mol. The maximum absolute atomic E-state index is 6.06. The van der Waals surface area contributed by atoms with Crippen LogP contribution in [0.25, 0.3) is 11.3 Å². The van der Waals surface area contributed by atoms with E-state index in [1.165, 1.54) is 16.0 Å². The average Bonchev–Trinajstić information content (AvgIpc) is 2.97. The van der Waals surface area contributed by atoms with E-state index in [-0.39, 0.29) is 0 Å². The fraction of sp³-hybridized carbons (Fsp3) is 0.211. The standard InChI is InChI=1S/C19H17ClN2OS/c1-11-8-15-12(9-16(11)23-2)6-7-17-18(15)22-19(24-17)21-14-5-3-4-13(20)10-14/h3-5,8-10H,6-7H2,1-2H3,(H,21,22). The van der Waals surface area contributed by atoms with E-state index in [2.05, 4.69) is 24.4 Å². The number of nitrogens with zero attached hydrogens (tertiary/aromatic N) is 1. The highest BCUT2D eigenvalue weighted by molar-refractivity contribution is 7.16. The third-order valence-electron chi connectivity index (χ3n) is 4.27. The molecule has 1 aliphatic carbocycles.